The Balaban J connectivity index is 1.37. The molecule has 2 N–H and O–H groups in total. The molecule has 2 aromatic carbocycles. The van der Waals surface area contributed by atoms with Crippen LogP contribution in [0.15, 0.2) is 48.5 Å². The minimum absolute atomic E-state index is 0.0257. The lowest BCUT2D eigenvalue weighted by Crippen LogP contribution is -2.43. The number of benzene rings is 2. The standard InChI is InChI=1S/C28H34N2O5/c1-3-4-9-19(16-26(31)30-15-14-20(18(30)2)27(32)33)29-28(34)35-17-25-23-12-7-5-10-21(23)22-11-6-8-13-24(22)25/h5-8,10-13,18-20,25H,3-4,9,14-17H2,1-2H3,(H,29,34)(H,32,33)/t18?,19-,20?/m1/s1. The van der Waals surface area contributed by atoms with Crippen molar-refractivity contribution in [1.82, 2.24) is 10.2 Å². The Hall–Kier alpha value is -3.35. The maximum Gasteiger partial charge on any atom is 0.407 e. The molecule has 1 heterocycles. The SMILES string of the molecule is CCCC[C@H](CC(=O)N1CCC(C(=O)O)C1C)NC(=O)OCC1c2ccccc2-c2ccccc21. The van der Waals surface area contributed by atoms with Crippen LogP contribution in [0.5, 0.6) is 0 Å². The molecule has 0 bridgehead atoms. The fraction of sp³-hybridized carbons (Fsp3) is 0.464. The summed E-state index contributed by atoms with van der Waals surface area (Å²) in [5.74, 6) is -1.56. The third kappa shape index (κ3) is 5.34. The Morgan fingerprint density at radius 2 is 1.71 bits per heavy atom. The van der Waals surface area contributed by atoms with Crippen LogP contribution in [-0.2, 0) is 14.3 Å². The highest BCUT2D eigenvalue weighted by atomic mass is 16.5. The number of carboxylic acid groups (broad SMARTS) is 1. The van der Waals surface area contributed by atoms with Gasteiger partial charge in [0, 0.05) is 31.0 Å². The second-order valence-corrected chi connectivity index (χ2v) is 9.57. The zero-order chi connectivity index (χ0) is 24.9. The first-order valence-corrected chi connectivity index (χ1v) is 12.5. The van der Waals surface area contributed by atoms with Crippen molar-refractivity contribution in [3.8, 4) is 11.1 Å². The number of nitrogens with one attached hydrogen (secondary N) is 1. The predicted molar refractivity (Wildman–Crippen MR) is 133 cm³/mol. The number of hydrogen-bond donors (Lipinski definition) is 2. The van der Waals surface area contributed by atoms with E-state index in [0.717, 1.165) is 24.0 Å². The van der Waals surface area contributed by atoms with Gasteiger partial charge in [-0.05, 0) is 42.0 Å². The van der Waals surface area contributed by atoms with Crippen molar-refractivity contribution < 1.29 is 24.2 Å². The van der Waals surface area contributed by atoms with E-state index in [1.165, 1.54) is 11.1 Å². The van der Waals surface area contributed by atoms with E-state index in [4.69, 9.17) is 4.74 Å². The molecule has 1 saturated heterocycles. The molecule has 186 valence electrons. The average Bonchev–Trinajstić information content (AvgIpc) is 3.39. The third-order valence-corrected chi connectivity index (χ3v) is 7.39. The maximum atomic E-state index is 13.0. The second kappa shape index (κ2) is 10.9. The first-order chi connectivity index (χ1) is 16.9. The van der Waals surface area contributed by atoms with E-state index in [1.54, 1.807) is 11.8 Å². The Morgan fingerprint density at radius 1 is 1.09 bits per heavy atom. The fourth-order valence-electron chi connectivity index (χ4n) is 5.43. The molecule has 0 saturated carbocycles. The predicted octanol–water partition coefficient (Wildman–Crippen LogP) is 4.80. The molecule has 1 aliphatic heterocycles. The number of ether oxygens (including phenoxy) is 1. The topological polar surface area (TPSA) is 95.9 Å². The number of hydrogen-bond acceptors (Lipinski definition) is 4. The molecule has 3 atom stereocenters. The summed E-state index contributed by atoms with van der Waals surface area (Å²) in [4.78, 5) is 38.8. The van der Waals surface area contributed by atoms with Gasteiger partial charge in [-0.2, -0.15) is 0 Å². The van der Waals surface area contributed by atoms with E-state index in [-0.39, 0.29) is 36.9 Å². The van der Waals surface area contributed by atoms with Gasteiger partial charge in [0.1, 0.15) is 6.61 Å². The normalized spacial score (nSPS) is 19.7. The largest absolute Gasteiger partial charge is 0.481 e. The minimum Gasteiger partial charge on any atom is -0.481 e. The van der Waals surface area contributed by atoms with Crippen LogP contribution < -0.4 is 5.32 Å². The highest BCUT2D eigenvalue weighted by Gasteiger charge is 2.38. The van der Waals surface area contributed by atoms with Crippen LogP contribution in [0.2, 0.25) is 0 Å². The smallest absolute Gasteiger partial charge is 0.407 e. The van der Waals surface area contributed by atoms with Gasteiger partial charge in [-0.15, -0.1) is 0 Å². The van der Waals surface area contributed by atoms with E-state index < -0.39 is 18.0 Å². The van der Waals surface area contributed by atoms with Crippen molar-refractivity contribution in [3.05, 3.63) is 59.7 Å². The molecule has 0 spiro atoms. The lowest BCUT2D eigenvalue weighted by Gasteiger charge is -2.26. The first-order valence-electron chi connectivity index (χ1n) is 12.5. The van der Waals surface area contributed by atoms with Crippen molar-refractivity contribution in [2.24, 2.45) is 5.92 Å². The van der Waals surface area contributed by atoms with Crippen LogP contribution >= 0.6 is 0 Å². The minimum atomic E-state index is -0.868. The summed E-state index contributed by atoms with van der Waals surface area (Å²) >= 11 is 0. The Morgan fingerprint density at radius 3 is 2.29 bits per heavy atom. The van der Waals surface area contributed by atoms with Gasteiger partial charge in [0.15, 0.2) is 0 Å². The lowest BCUT2D eigenvalue weighted by atomic mass is 9.98. The molecule has 1 aliphatic carbocycles. The number of carbonyl (C=O) groups is 3. The molecule has 4 rings (SSSR count). The molecule has 0 radical (unpaired) electrons. The van der Waals surface area contributed by atoms with Gasteiger partial charge in [0.25, 0.3) is 0 Å². The van der Waals surface area contributed by atoms with Crippen molar-refractivity contribution in [2.75, 3.05) is 13.2 Å². The average molecular weight is 479 g/mol. The molecular weight excluding hydrogens is 444 g/mol. The summed E-state index contributed by atoms with van der Waals surface area (Å²) in [6, 6.07) is 15.7. The zero-order valence-electron chi connectivity index (χ0n) is 20.4. The van der Waals surface area contributed by atoms with Gasteiger partial charge < -0.3 is 20.1 Å². The number of carbonyl (C=O) groups excluding carboxylic acids is 2. The number of fused-ring (bicyclic) bond motifs is 3. The number of alkyl carbamates (subject to hydrolysis) is 1. The molecule has 2 aromatic rings. The summed E-state index contributed by atoms with van der Waals surface area (Å²) in [6.45, 7) is 4.50. The van der Waals surface area contributed by atoms with E-state index in [1.807, 2.05) is 24.3 Å². The lowest BCUT2D eigenvalue weighted by molar-refractivity contribution is -0.143. The summed E-state index contributed by atoms with van der Waals surface area (Å²) in [6.07, 6.45) is 2.55. The molecular formula is C28H34N2O5. The number of nitrogens with zero attached hydrogens (tertiary/aromatic N) is 1. The third-order valence-electron chi connectivity index (χ3n) is 7.39. The zero-order valence-corrected chi connectivity index (χ0v) is 20.4. The molecule has 7 heteroatoms. The van der Waals surface area contributed by atoms with Crippen LogP contribution in [0, 0.1) is 5.92 Å². The fourth-order valence-corrected chi connectivity index (χ4v) is 5.43. The monoisotopic (exact) mass is 478 g/mol. The van der Waals surface area contributed by atoms with E-state index >= 15 is 0 Å². The highest BCUT2D eigenvalue weighted by Crippen LogP contribution is 2.44. The van der Waals surface area contributed by atoms with Crippen molar-refractivity contribution in [2.45, 2.75) is 64.0 Å². The second-order valence-electron chi connectivity index (χ2n) is 9.57. The van der Waals surface area contributed by atoms with Gasteiger partial charge in [-0.1, -0.05) is 68.3 Å². The Labute approximate surface area is 206 Å². The van der Waals surface area contributed by atoms with Crippen LogP contribution in [0.3, 0.4) is 0 Å². The van der Waals surface area contributed by atoms with Crippen LogP contribution in [0.4, 0.5) is 4.79 Å². The summed E-state index contributed by atoms with van der Waals surface area (Å²) < 4.78 is 5.67. The van der Waals surface area contributed by atoms with Crippen LogP contribution in [0.25, 0.3) is 11.1 Å². The molecule has 0 aromatic heterocycles. The Kier molecular flexibility index (Phi) is 7.73. The number of amides is 2. The van der Waals surface area contributed by atoms with E-state index in [9.17, 15) is 19.5 Å². The van der Waals surface area contributed by atoms with Gasteiger partial charge in [0.2, 0.25) is 5.91 Å². The molecule has 1 fully saturated rings. The first kappa shape index (κ1) is 24.8. The summed E-state index contributed by atoms with van der Waals surface area (Å²) in [5.41, 5.74) is 4.64. The molecule has 2 aliphatic rings. The van der Waals surface area contributed by atoms with Crippen molar-refractivity contribution in [3.63, 3.8) is 0 Å². The van der Waals surface area contributed by atoms with Crippen LogP contribution in [0.1, 0.15) is 63.0 Å². The van der Waals surface area contributed by atoms with Crippen molar-refractivity contribution >= 4 is 18.0 Å². The van der Waals surface area contributed by atoms with Crippen LogP contribution in [-0.4, -0.2) is 53.2 Å². The maximum absolute atomic E-state index is 13.0. The van der Waals surface area contributed by atoms with E-state index in [2.05, 4.69) is 36.5 Å². The molecule has 2 unspecified atom stereocenters. The number of rotatable bonds is 9. The molecule has 35 heavy (non-hydrogen) atoms. The molecule has 2 amide bonds. The number of carboxylic acids is 1. The Bertz CT molecular complexity index is 1040. The number of aliphatic carboxylic acids is 1. The quantitative estimate of drug-likeness (QED) is 0.540. The van der Waals surface area contributed by atoms with Gasteiger partial charge in [-0.3, -0.25) is 9.59 Å². The number of unbranched alkanes of at least 4 members (excludes halogenated alkanes) is 1. The van der Waals surface area contributed by atoms with Gasteiger partial charge >= 0.3 is 12.1 Å². The van der Waals surface area contributed by atoms with Gasteiger partial charge in [-0.25, -0.2) is 4.79 Å². The van der Waals surface area contributed by atoms with Crippen molar-refractivity contribution in [1.29, 1.82) is 0 Å². The number of likely N-dealkylation sites (tertiary alicyclic amines) is 1. The van der Waals surface area contributed by atoms with Gasteiger partial charge in [0.05, 0.1) is 5.92 Å². The molecule has 7 nitrogen and oxygen atoms in total. The highest BCUT2D eigenvalue weighted by molar-refractivity contribution is 5.81. The van der Waals surface area contributed by atoms with E-state index in [0.29, 0.717) is 19.4 Å². The summed E-state index contributed by atoms with van der Waals surface area (Å²) in [7, 11) is 0. The summed E-state index contributed by atoms with van der Waals surface area (Å²) in [5, 5.41) is 12.3.